The molecule has 1 aliphatic carbocycles. The van der Waals surface area contributed by atoms with Gasteiger partial charge >= 0.3 is 0 Å². The summed E-state index contributed by atoms with van der Waals surface area (Å²) in [6, 6.07) is 9.70. The molecule has 1 unspecified atom stereocenters. The molecule has 1 saturated carbocycles. The van der Waals surface area contributed by atoms with Gasteiger partial charge in [-0.25, -0.2) is 0 Å². The van der Waals surface area contributed by atoms with Crippen molar-refractivity contribution in [3.63, 3.8) is 0 Å². The molecule has 128 valence electrons. The lowest BCUT2D eigenvalue weighted by Crippen LogP contribution is -2.72. The van der Waals surface area contributed by atoms with Crippen LogP contribution in [0.3, 0.4) is 0 Å². The minimum Gasteiger partial charge on any atom is -0.392 e. The van der Waals surface area contributed by atoms with Gasteiger partial charge in [-0.3, -0.25) is 4.90 Å². The molecule has 1 spiro atoms. The normalized spacial score (nSPS) is 55.8. The summed E-state index contributed by atoms with van der Waals surface area (Å²) < 4.78 is 0. The zero-order valence-corrected chi connectivity index (χ0v) is 14.3. The fourth-order valence-electron chi connectivity index (χ4n) is 7.88. The Balaban J connectivity index is 1.60. The molecule has 4 saturated heterocycles. The SMILES string of the molecule is CC[C@@H]1[C@@H]2C[C@H]3[C@@H]4N(C)c5ccccc5[C@]45C[C@@H]([C@H]2[C@@H]5O)N3[C@H]1O. The number of hydrogen-bond acceptors (Lipinski definition) is 4. The fraction of sp³-hybridized carbons (Fsp3) is 0.700. The zero-order valence-electron chi connectivity index (χ0n) is 14.3. The number of aliphatic hydroxyl groups is 2. The van der Waals surface area contributed by atoms with E-state index in [2.05, 4.69) is 48.0 Å². The van der Waals surface area contributed by atoms with E-state index >= 15 is 0 Å². The number of nitrogens with zero attached hydrogens (tertiary/aromatic N) is 2. The predicted molar refractivity (Wildman–Crippen MR) is 91.7 cm³/mol. The van der Waals surface area contributed by atoms with Crippen LogP contribution in [-0.4, -0.2) is 52.6 Å². The Morgan fingerprint density at radius 2 is 2.00 bits per heavy atom. The second kappa shape index (κ2) is 4.17. The van der Waals surface area contributed by atoms with Gasteiger partial charge in [0.1, 0.15) is 6.23 Å². The molecule has 0 radical (unpaired) electrons. The van der Waals surface area contributed by atoms with Gasteiger partial charge in [0.2, 0.25) is 0 Å². The lowest BCUT2D eigenvalue weighted by molar-refractivity contribution is -0.211. The van der Waals surface area contributed by atoms with Crippen molar-refractivity contribution in [2.24, 2.45) is 17.8 Å². The predicted octanol–water partition coefficient (Wildman–Crippen LogP) is 1.55. The van der Waals surface area contributed by atoms with E-state index in [1.807, 2.05) is 0 Å². The highest BCUT2D eigenvalue weighted by atomic mass is 16.3. The highest BCUT2D eigenvalue weighted by Gasteiger charge is 2.76. The fourth-order valence-corrected chi connectivity index (χ4v) is 7.88. The Morgan fingerprint density at radius 1 is 1.21 bits per heavy atom. The molecule has 5 heterocycles. The summed E-state index contributed by atoms with van der Waals surface area (Å²) in [5.74, 6) is 1.14. The van der Waals surface area contributed by atoms with E-state index in [0.29, 0.717) is 35.9 Å². The van der Waals surface area contributed by atoms with Crippen molar-refractivity contribution in [2.45, 2.75) is 62.1 Å². The standard InChI is InChI=1S/C20H26N2O2/c1-3-10-11-8-14-17-20(12-6-4-5-7-13(12)21(17)2)9-15(16(11)18(20)23)22(14)19(10)24/h4-7,10-11,14-19,23-24H,3,8-9H2,1-2H3/t10-,11+,14+,15+,16+,17+,18+,19+,20-/m1/s1. The smallest absolute Gasteiger partial charge is 0.111 e. The number of hydrogen-bond donors (Lipinski definition) is 2. The number of anilines is 1. The molecule has 1 aromatic rings. The molecule has 4 nitrogen and oxygen atoms in total. The Labute approximate surface area is 143 Å². The number of rotatable bonds is 1. The summed E-state index contributed by atoms with van der Waals surface area (Å²) in [5.41, 5.74) is 2.51. The summed E-state index contributed by atoms with van der Waals surface area (Å²) >= 11 is 0. The van der Waals surface area contributed by atoms with Gasteiger partial charge < -0.3 is 15.1 Å². The van der Waals surface area contributed by atoms with E-state index < -0.39 is 0 Å². The highest BCUT2D eigenvalue weighted by molar-refractivity contribution is 5.67. The molecule has 5 fully saturated rings. The van der Waals surface area contributed by atoms with Gasteiger partial charge in [-0.1, -0.05) is 25.1 Å². The van der Waals surface area contributed by atoms with Crippen molar-refractivity contribution >= 4 is 5.69 Å². The molecule has 7 rings (SSSR count). The monoisotopic (exact) mass is 326 g/mol. The summed E-state index contributed by atoms with van der Waals surface area (Å²) in [4.78, 5) is 4.83. The maximum absolute atomic E-state index is 11.6. The first-order valence-electron chi connectivity index (χ1n) is 9.57. The van der Waals surface area contributed by atoms with Crippen LogP contribution >= 0.6 is 0 Å². The summed E-state index contributed by atoms with van der Waals surface area (Å²) in [5, 5.41) is 22.6. The summed E-state index contributed by atoms with van der Waals surface area (Å²) in [6.45, 7) is 2.19. The van der Waals surface area contributed by atoms with Crippen molar-refractivity contribution < 1.29 is 10.2 Å². The average molecular weight is 326 g/mol. The molecule has 6 aliphatic rings. The Morgan fingerprint density at radius 3 is 2.79 bits per heavy atom. The molecule has 10 atom stereocenters. The minimum atomic E-state index is -0.319. The molecule has 4 heteroatoms. The maximum atomic E-state index is 11.6. The third-order valence-corrected chi connectivity index (χ3v) is 8.46. The molecular weight excluding hydrogens is 300 g/mol. The number of piperidine rings is 4. The third-order valence-electron chi connectivity index (χ3n) is 8.46. The Bertz CT molecular complexity index is 723. The van der Waals surface area contributed by atoms with Crippen LogP contribution in [0.15, 0.2) is 24.3 Å². The molecule has 24 heavy (non-hydrogen) atoms. The van der Waals surface area contributed by atoms with Gasteiger partial charge in [0.25, 0.3) is 0 Å². The molecule has 2 N–H and O–H groups in total. The van der Waals surface area contributed by atoms with Crippen molar-refractivity contribution in [2.75, 3.05) is 11.9 Å². The molecule has 5 bridgehead atoms. The largest absolute Gasteiger partial charge is 0.392 e. The molecule has 1 aromatic carbocycles. The number of para-hydroxylation sites is 1. The van der Waals surface area contributed by atoms with Gasteiger partial charge in [-0.15, -0.1) is 0 Å². The van der Waals surface area contributed by atoms with E-state index in [1.54, 1.807) is 0 Å². The molecule has 0 amide bonds. The van der Waals surface area contributed by atoms with Crippen molar-refractivity contribution in [3.8, 4) is 0 Å². The van der Waals surface area contributed by atoms with Gasteiger partial charge in [0.15, 0.2) is 0 Å². The molecular formula is C20H26N2O2. The van der Waals surface area contributed by atoms with E-state index in [9.17, 15) is 10.2 Å². The average Bonchev–Trinajstić information content (AvgIpc) is 2.97. The number of fused-ring (bicyclic) bond motifs is 2. The zero-order chi connectivity index (χ0) is 16.4. The Hall–Kier alpha value is -1.10. The van der Waals surface area contributed by atoms with Crippen LogP contribution in [0.5, 0.6) is 0 Å². The lowest BCUT2D eigenvalue weighted by atomic mass is 9.62. The van der Waals surface area contributed by atoms with Gasteiger partial charge in [0, 0.05) is 42.1 Å². The number of aliphatic hydroxyl groups excluding tert-OH is 2. The van der Waals surface area contributed by atoms with Gasteiger partial charge in [0.05, 0.1) is 12.1 Å². The first-order chi connectivity index (χ1) is 11.6. The van der Waals surface area contributed by atoms with Crippen LogP contribution in [0.25, 0.3) is 0 Å². The van der Waals surface area contributed by atoms with E-state index in [1.165, 1.54) is 11.3 Å². The van der Waals surface area contributed by atoms with Crippen LogP contribution in [0.4, 0.5) is 5.69 Å². The first-order valence-corrected chi connectivity index (χ1v) is 9.57. The molecule has 0 aromatic heterocycles. The van der Waals surface area contributed by atoms with Crippen LogP contribution < -0.4 is 4.90 Å². The van der Waals surface area contributed by atoms with Crippen molar-refractivity contribution in [3.05, 3.63) is 29.8 Å². The molecule has 5 aliphatic heterocycles. The topological polar surface area (TPSA) is 46.9 Å². The Kier molecular flexibility index (Phi) is 2.45. The number of likely N-dealkylation sites (N-methyl/N-ethyl adjacent to an activating group) is 1. The van der Waals surface area contributed by atoms with Gasteiger partial charge in [-0.2, -0.15) is 0 Å². The van der Waals surface area contributed by atoms with Crippen molar-refractivity contribution in [1.29, 1.82) is 0 Å². The maximum Gasteiger partial charge on any atom is 0.111 e. The van der Waals surface area contributed by atoms with Gasteiger partial charge in [-0.05, 0) is 36.8 Å². The minimum absolute atomic E-state index is 0.126. The third kappa shape index (κ3) is 1.20. The quantitative estimate of drug-likeness (QED) is 0.822. The summed E-state index contributed by atoms with van der Waals surface area (Å²) in [6.07, 6.45) is 2.56. The van der Waals surface area contributed by atoms with E-state index in [0.717, 1.165) is 19.3 Å². The highest BCUT2D eigenvalue weighted by Crippen LogP contribution is 2.68. The lowest BCUT2D eigenvalue weighted by Gasteiger charge is -2.62. The van der Waals surface area contributed by atoms with Crippen LogP contribution in [0.1, 0.15) is 31.7 Å². The number of benzene rings is 1. The van der Waals surface area contributed by atoms with E-state index in [-0.39, 0.29) is 17.7 Å². The first kappa shape index (κ1) is 14.1. The van der Waals surface area contributed by atoms with Crippen LogP contribution in [-0.2, 0) is 5.41 Å². The second-order valence-corrected chi connectivity index (χ2v) is 8.81. The van der Waals surface area contributed by atoms with Crippen molar-refractivity contribution in [1.82, 2.24) is 4.90 Å². The summed E-state index contributed by atoms with van der Waals surface area (Å²) in [7, 11) is 2.19. The van der Waals surface area contributed by atoms with E-state index in [4.69, 9.17) is 0 Å². The van der Waals surface area contributed by atoms with Crippen LogP contribution in [0.2, 0.25) is 0 Å². The second-order valence-electron chi connectivity index (χ2n) is 8.81. The van der Waals surface area contributed by atoms with Crippen LogP contribution in [0, 0.1) is 17.8 Å².